The van der Waals surface area contributed by atoms with Gasteiger partial charge in [-0.1, -0.05) is 19.9 Å². The van der Waals surface area contributed by atoms with Gasteiger partial charge in [-0.2, -0.15) is 0 Å². The molecule has 0 saturated carbocycles. The van der Waals surface area contributed by atoms with Crippen LogP contribution in [0.25, 0.3) is 0 Å². The van der Waals surface area contributed by atoms with Crippen LogP contribution in [0.4, 0.5) is 9.18 Å². The van der Waals surface area contributed by atoms with E-state index in [-0.39, 0.29) is 18.8 Å². The number of benzene rings is 1. The number of urea groups is 1. The summed E-state index contributed by atoms with van der Waals surface area (Å²) >= 11 is 0. The number of hydrogen-bond acceptors (Lipinski definition) is 3. The third kappa shape index (κ3) is 7.32. The molecule has 5 nitrogen and oxygen atoms in total. The van der Waals surface area contributed by atoms with Gasteiger partial charge >= 0.3 is 6.03 Å². The highest BCUT2D eigenvalue weighted by Gasteiger charge is 2.21. The topological polar surface area (TPSA) is 70.6 Å². The fourth-order valence-corrected chi connectivity index (χ4v) is 2.02. The van der Waals surface area contributed by atoms with Crippen LogP contribution in [-0.4, -0.2) is 30.4 Å². The number of carbonyl (C=O) groups is 1. The minimum Gasteiger partial charge on any atom is -0.494 e. The molecule has 0 radical (unpaired) electrons. The summed E-state index contributed by atoms with van der Waals surface area (Å²) in [6, 6.07) is 4.12. The largest absolute Gasteiger partial charge is 0.494 e. The van der Waals surface area contributed by atoms with Gasteiger partial charge in [0.15, 0.2) is 11.6 Å². The lowest BCUT2D eigenvalue weighted by Crippen LogP contribution is -2.44. The first-order chi connectivity index (χ1) is 10.7. The molecule has 1 unspecified atom stereocenters. The SMILES string of the molecule is COc1ccc(CNC(=O)NCC(C)(O)CCC(C)C)cc1F. The van der Waals surface area contributed by atoms with Crippen molar-refractivity contribution in [1.29, 1.82) is 0 Å². The number of aliphatic hydroxyl groups is 1. The lowest BCUT2D eigenvalue weighted by molar-refractivity contribution is 0.0476. The molecular formula is C17H27FN2O3. The molecular weight excluding hydrogens is 299 g/mol. The lowest BCUT2D eigenvalue weighted by Gasteiger charge is -2.24. The zero-order chi connectivity index (χ0) is 17.5. The number of carbonyl (C=O) groups excluding carboxylic acids is 1. The number of methoxy groups -OCH3 is 1. The molecule has 1 aromatic carbocycles. The Morgan fingerprint density at radius 2 is 2.09 bits per heavy atom. The lowest BCUT2D eigenvalue weighted by atomic mass is 9.95. The minimum atomic E-state index is -0.937. The molecule has 0 aliphatic carbocycles. The van der Waals surface area contributed by atoms with Crippen LogP contribution in [0.2, 0.25) is 0 Å². The number of hydrogen-bond donors (Lipinski definition) is 3. The smallest absolute Gasteiger partial charge is 0.315 e. The van der Waals surface area contributed by atoms with Gasteiger partial charge in [0.2, 0.25) is 0 Å². The zero-order valence-electron chi connectivity index (χ0n) is 14.3. The summed E-state index contributed by atoms with van der Waals surface area (Å²) in [6.07, 6.45) is 1.51. The molecule has 0 aliphatic rings. The summed E-state index contributed by atoms with van der Waals surface area (Å²) in [7, 11) is 1.40. The van der Waals surface area contributed by atoms with Crippen LogP contribution in [0.1, 0.15) is 39.2 Å². The van der Waals surface area contributed by atoms with Crippen molar-refractivity contribution < 1.29 is 19.0 Å². The van der Waals surface area contributed by atoms with Gasteiger partial charge < -0.3 is 20.5 Å². The molecule has 0 heterocycles. The number of ether oxygens (including phenoxy) is 1. The van der Waals surface area contributed by atoms with E-state index in [2.05, 4.69) is 24.5 Å². The fraction of sp³-hybridized carbons (Fsp3) is 0.588. The Kier molecular flexibility index (Phi) is 7.29. The maximum Gasteiger partial charge on any atom is 0.315 e. The molecule has 2 amide bonds. The highest BCUT2D eigenvalue weighted by atomic mass is 19.1. The van der Waals surface area contributed by atoms with E-state index < -0.39 is 17.4 Å². The van der Waals surface area contributed by atoms with Crippen molar-refractivity contribution in [1.82, 2.24) is 10.6 Å². The average molecular weight is 326 g/mol. The Bertz CT molecular complexity index is 519. The summed E-state index contributed by atoms with van der Waals surface area (Å²) in [5, 5.41) is 15.5. The van der Waals surface area contributed by atoms with Gasteiger partial charge in [0.25, 0.3) is 0 Å². The fourth-order valence-electron chi connectivity index (χ4n) is 2.02. The second-order valence-electron chi connectivity index (χ2n) is 6.43. The molecule has 1 rings (SSSR count). The van der Waals surface area contributed by atoms with Crippen molar-refractivity contribution in [3.05, 3.63) is 29.6 Å². The Balaban J connectivity index is 2.38. The van der Waals surface area contributed by atoms with Gasteiger partial charge in [0, 0.05) is 13.1 Å². The third-order valence-electron chi connectivity index (χ3n) is 3.56. The summed E-state index contributed by atoms with van der Waals surface area (Å²) in [6.45, 7) is 6.24. The second kappa shape index (κ2) is 8.72. The van der Waals surface area contributed by atoms with E-state index in [1.807, 2.05) is 0 Å². The van der Waals surface area contributed by atoms with Crippen LogP contribution in [0.15, 0.2) is 18.2 Å². The number of halogens is 1. The first kappa shape index (κ1) is 19.2. The van der Waals surface area contributed by atoms with E-state index in [0.29, 0.717) is 17.9 Å². The highest BCUT2D eigenvalue weighted by Crippen LogP contribution is 2.17. The molecule has 6 heteroatoms. The monoisotopic (exact) mass is 326 g/mol. The van der Waals surface area contributed by atoms with E-state index >= 15 is 0 Å². The van der Waals surface area contributed by atoms with Gasteiger partial charge in [0.1, 0.15) is 0 Å². The van der Waals surface area contributed by atoms with Crippen molar-refractivity contribution in [2.75, 3.05) is 13.7 Å². The molecule has 0 fully saturated rings. The standard InChI is InChI=1S/C17H27FN2O3/c1-12(2)7-8-17(3,22)11-20-16(21)19-10-13-5-6-15(23-4)14(18)9-13/h5-6,9,12,22H,7-8,10-11H2,1-4H3,(H2,19,20,21). The predicted octanol–water partition coefficient (Wildman–Crippen LogP) is 2.82. The summed E-state index contributed by atoms with van der Waals surface area (Å²) in [5.41, 5.74) is -0.307. The van der Waals surface area contributed by atoms with Crippen LogP contribution < -0.4 is 15.4 Å². The van der Waals surface area contributed by atoms with Gasteiger partial charge in [-0.15, -0.1) is 0 Å². The Morgan fingerprint density at radius 1 is 1.39 bits per heavy atom. The quantitative estimate of drug-likeness (QED) is 0.688. The van der Waals surface area contributed by atoms with Gasteiger partial charge in [0.05, 0.1) is 12.7 Å². The molecule has 0 bridgehead atoms. The molecule has 0 aliphatic heterocycles. The maximum absolute atomic E-state index is 13.5. The molecule has 0 spiro atoms. The van der Waals surface area contributed by atoms with Crippen molar-refractivity contribution in [3.63, 3.8) is 0 Å². The summed E-state index contributed by atoms with van der Waals surface area (Å²) in [4.78, 5) is 11.8. The maximum atomic E-state index is 13.5. The predicted molar refractivity (Wildman–Crippen MR) is 87.9 cm³/mol. The Hall–Kier alpha value is -1.82. The van der Waals surface area contributed by atoms with E-state index in [4.69, 9.17) is 4.74 Å². The van der Waals surface area contributed by atoms with Crippen molar-refractivity contribution in [2.24, 2.45) is 5.92 Å². The molecule has 1 atom stereocenters. The van der Waals surface area contributed by atoms with E-state index in [9.17, 15) is 14.3 Å². The van der Waals surface area contributed by atoms with Crippen molar-refractivity contribution >= 4 is 6.03 Å². The normalized spacial score (nSPS) is 13.5. The molecule has 3 N–H and O–H groups in total. The summed E-state index contributed by atoms with van der Waals surface area (Å²) in [5.74, 6) is 0.198. The van der Waals surface area contributed by atoms with Crippen LogP contribution in [0.5, 0.6) is 5.75 Å². The average Bonchev–Trinajstić information content (AvgIpc) is 2.49. The number of amides is 2. The van der Waals surface area contributed by atoms with Gasteiger partial charge in [-0.3, -0.25) is 0 Å². The van der Waals surface area contributed by atoms with Crippen LogP contribution in [0, 0.1) is 11.7 Å². The third-order valence-corrected chi connectivity index (χ3v) is 3.56. The molecule has 130 valence electrons. The second-order valence-corrected chi connectivity index (χ2v) is 6.43. The highest BCUT2D eigenvalue weighted by molar-refractivity contribution is 5.73. The van der Waals surface area contributed by atoms with Crippen molar-refractivity contribution in [2.45, 2.75) is 45.8 Å². The van der Waals surface area contributed by atoms with E-state index in [1.165, 1.54) is 19.2 Å². The van der Waals surface area contributed by atoms with Crippen LogP contribution in [-0.2, 0) is 6.54 Å². The van der Waals surface area contributed by atoms with Gasteiger partial charge in [-0.05, 0) is 43.4 Å². The van der Waals surface area contributed by atoms with E-state index in [0.717, 1.165) is 6.42 Å². The van der Waals surface area contributed by atoms with Gasteiger partial charge in [-0.25, -0.2) is 9.18 Å². The zero-order valence-corrected chi connectivity index (χ0v) is 14.3. The minimum absolute atomic E-state index is 0.166. The first-order valence-corrected chi connectivity index (χ1v) is 7.80. The molecule has 1 aromatic rings. The molecule has 0 saturated heterocycles. The van der Waals surface area contributed by atoms with Crippen LogP contribution in [0.3, 0.4) is 0 Å². The summed E-state index contributed by atoms with van der Waals surface area (Å²) < 4.78 is 18.4. The number of nitrogens with one attached hydrogen (secondary N) is 2. The Morgan fingerprint density at radius 3 is 2.65 bits per heavy atom. The Labute approximate surface area is 137 Å². The van der Waals surface area contributed by atoms with Crippen LogP contribution >= 0.6 is 0 Å². The molecule has 23 heavy (non-hydrogen) atoms. The number of rotatable bonds is 8. The van der Waals surface area contributed by atoms with Crippen molar-refractivity contribution in [3.8, 4) is 5.75 Å². The van der Waals surface area contributed by atoms with E-state index in [1.54, 1.807) is 13.0 Å². The first-order valence-electron chi connectivity index (χ1n) is 7.80. The molecule has 0 aromatic heterocycles.